The Kier molecular flexibility index (Phi) is 3.15. The third kappa shape index (κ3) is 2.37. The highest BCUT2D eigenvalue weighted by atomic mass is 35.5. The molecule has 7 heteroatoms. The van der Waals surface area contributed by atoms with Crippen molar-refractivity contribution in [3.05, 3.63) is 47.4 Å². The van der Waals surface area contributed by atoms with Crippen LogP contribution in [0.2, 0.25) is 5.02 Å². The van der Waals surface area contributed by atoms with Crippen molar-refractivity contribution >= 4 is 34.1 Å². The van der Waals surface area contributed by atoms with Crippen molar-refractivity contribution in [1.29, 1.82) is 0 Å². The van der Waals surface area contributed by atoms with E-state index in [1.54, 1.807) is 19.2 Å². The van der Waals surface area contributed by atoms with Gasteiger partial charge < -0.3 is 5.32 Å². The zero-order chi connectivity index (χ0) is 14.1. The lowest BCUT2D eigenvalue weighted by molar-refractivity contribution is 0.628. The first-order chi connectivity index (χ1) is 9.63. The van der Waals surface area contributed by atoms with Crippen molar-refractivity contribution in [2.45, 2.75) is 6.92 Å². The summed E-state index contributed by atoms with van der Waals surface area (Å²) in [6.07, 6.45) is 3.04. The predicted molar refractivity (Wildman–Crippen MR) is 74.6 cm³/mol. The Bertz CT molecular complexity index is 793. The lowest BCUT2D eigenvalue weighted by Gasteiger charge is -2.08. The van der Waals surface area contributed by atoms with E-state index in [1.807, 2.05) is 0 Å². The predicted octanol–water partition coefficient (Wildman–Crippen LogP) is 3.26. The Morgan fingerprint density at radius 3 is 2.85 bits per heavy atom. The van der Waals surface area contributed by atoms with E-state index in [1.165, 1.54) is 18.5 Å². The third-order valence-electron chi connectivity index (χ3n) is 2.68. The first-order valence-electron chi connectivity index (χ1n) is 5.80. The number of rotatable bonds is 2. The minimum Gasteiger partial charge on any atom is -0.338 e. The molecule has 0 saturated carbocycles. The van der Waals surface area contributed by atoms with Gasteiger partial charge >= 0.3 is 0 Å². The molecule has 0 saturated heterocycles. The zero-order valence-corrected chi connectivity index (χ0v) is 11.2. The van der Waals surface area contributed by atoms with Gasteiger partial charge in [-0.1, -0.05) is 11.6 Å². The highest BCUT2D eigenvalue weighted by Crippen LogP contribution is 2.24. The number of aryl methyl sites for hydroxylation is 1. The summed E-state index contributed by atoms with van der Waals surface area (Å²) in [5.74, 6) is 0.665. The fraction of sp³-hybridized carbons (Fsp3) is 0.0769. The van der Waals surface area contributed by atoms with Gasteiger partial charge in [0.15, 0.2) is 5.82 Å². The van der Waals surface area contributed by atoms with Gasteiger partial charge in [-0.05, 0) is 25.1 Å². The summed E-state index contributed by atoms with van der Waals surface area (Å²) < 4.78 is 13.1. The summed E-state index contributed by atoms with van der Waals surface area (Å²) in [6, 6.07) is 4.34. The number of nitrogens with one attached hydrogen (secondary N) is 1. The molecule has 0 aliphatic carbocycles. The largest absolute Gasteiger partial charge is 0.338 e. The highest BCUT2D eigenvalue weighted by Gasteiger charge is 2.08. The molecule has 1 N–H and O–H groups in total. The number of halogens is 2. The Morgan fingerprint density at radius 1 is 1.20 bits per heavy atom. The van der Waals surface area contributed by atoms with E-state index < -0.39 is 5.82 Å². The molecule has 0 radical (unpaired) electrons. The summed E-state index contributed by atoms with van der Waals surface area (Å²) >= 11 is 5.75. The molecule has 3 aromatic rings. The van der Waals surface area contributed by atoms with Crippen LogP contribution in [0.1, 0.15) is 5.82 Å². The van der Waals surface area contributed by atoms with Gasteiger partial charge in [-0.3, -0.25) is 0 Å². The van der Waals surface area contributed by atoms with E-state index in [4.69, 9.17) is 11.6 Å². The number of hydrogen-bond acceptors (Lipinski definition) is 5. The molecule has 0 amide bonds. The standard InChI is InChI=1S/C13H9ClFN5/c1-7-16-5-11-12(19-7)13(18-6-17-11)20-8-2-3-10(15)9(14)4-8/h2-6H,1H3,(H,17,18,20). The van der Waals surface area contributed by atoms with E-state index in [0.717, 1.165) is 0 Å². The molecule has 0 spiro atoms. The van der Waals surface area contributed by atoms with Crippen LogP contribution in [0.5, 0.6) is 0 Å². The van der Waals surface area contributed by atoms with Crippen LogP contribution in [0.3, 0.4) is 0 Å². The molecule has 1 aromatic carbocycles. The van der Waals surface area contributed by atoms with Crippen LogP contribution in [0, 0.1) is 12.7 Å². The van der Waals surface area contributed by atoms with Gasteiger partial charge in [-0.25, -0.2) is 24.3 Å². The van der Waals surface area contributed by atoms with Crippen LogP contribution in [0.15, 0.2) is 30.7 Å². The second-order valence-corrected chi connectivity index (χ2v) is 4.53. The topological polar surface area (TPSA) is 63.6 Å². The number of hydrogen-bond donors (Lipinski definition) is 1. The van der Waals surface area contributed by atoms with Gasteiger partial charge in [0.2, 0.25) is 0 Å². The molecule has 0 aliphatic heterocycles. The molecular weight excluding hydrogens is 281 g/mol. The monoisotopic (exact) mass is 289 g/mol. The summed E-state index contributed by atoms with van der Waals surface area (Å²) in [5, 5.41) is 3.09. The molecule has 0 unspecified atom stereocenters. The van der Waals surface area contributed by atoms with Crippen LogP contribution >= 0.6 is 11.6 Å². The maximum absolute atomic E-state index is 13.1. The Hall–Kier alpha value is -2.34. The van der Waals surface area contributed by atoms with Gasteiger partial charge in [-0.15, -0.1) is 0 Å². The summed E-state index contributed by atoms with van der Waals surface area (Å²) in [7, 11) is 0. The van der Waals surface area contributed by atoms with Crippen molar-refractivity contribution in [1.82, 2.24) is 19.9 Å². The number of benzene rings is 1. The Morgan fingerprint density at radius 2 is 2.05 bits per heavy atom. The van der Waals surface area contributed by atoms with Crippen molar-refractivity contribution in [3.63, 3.8) is 0 Å². The normalized spacial score (nSPS) is 10.8. The van der Waals surface area contributed by atoms with E-state index in [2.05, 4.69) is 25.3 Å². The summed E-state index contributed by atoms with van der Waals surface area (Å²) in [6.45, 7) is 1.78. The highest BCUT2D eigenvalue weighted by molar-refractivity contribution is 6.31. The number of aromatic nitrogens is 4. The second kappa shape index (κ2) is 4.97. The molecule has 2 heterocycles. The maximum atomic E-state index is 13.1. The zero-order valence-electron chi connectivity index (χ0n) is 10.4. The molecule has 0 bridgehead atoms. The average Bonchev–Trinajstić information content (AvgIpc) is 2.44. The van der Waals surface area contributed by atoms with E-state index in [9.17, 15) is 4.39 Å². The molecule has 3 rings (SSSR count). The minimum absolute atomic E-state index is 0.0409. The minimum atomic E-state index is -0.470. The van der Waals surface area contributed by atoms with Gasteiger partial charge in [0, 0.05) is 5.69 Å². The number of nitrogens with zero attached hydrogens (tertiary/aromatic N) is 4. The van der Waals surface area contributed by atoms with E-state index in [-0.39, 0.29) is 5.02 Å². The van der Waals surface area contributed by atoms with Gasteiger partial charge in [0.25, 0.3) is 0 Å². The third-order valence-corrected chi connectivity index (χ3v) is 2.97. The first-order valence-corrected chi connectivity index (χ1v) is 6.18. The molecule has 20 heavy (non-hydrogen) atoms. The van der Waals surface area contributed by atoms with Crippen molar-refractivity contribution < 1.29 is 4.39 Å². The second-order valence-electron chi connectivity index (χ2n) is 4.13. The molecular formula is C13H9ClFN5. The average molecular weight is 290 g/mol. The van der Waals surface area contributed by atoms with Crippen LogP contribution in [0.4, 0.5) is 15.9 Å². The van der Waals surface area contributed by atoms with Crippen LogP contribution in [-0.2, 0) is 0 Å². The summed E-state index contributed by atoms with van der Waals surface area (Å²) in [4.78, 5) is 16.6. The van der Waals surface area contributed by atoms with Crippen LogP contribution < -0.4 is 5.32 Å². The molecule has 0 fully saturated rings. The first kappa shape index (κ1) is 12.7. The molecule has 0 aliphatic rings. The van der Waals surface area contributed by atoms with Gasteiger partial charge in [0.1, 0.15) is 29.0 Å². The molecule has 100 valence electrons. The molecule has 2 aromatic heterocycles. The Balaban J connectivity index is 2.05. The SMILES string of the molecule is Cc1ncc2ncnc(Nc3ccc(F)c(Cl)c3)c2n1. The van der Waals surface area contributed by atoms with Crippen molar-refractivity contribution in [2.75, 3.05) is 5.32 Å². The van der Waals surface area contributed by atoms with Gasteiger partial charge in [0.05, 0.1) is 11.2 Å². The Labute approximate surface area is 118 Å². The lowest BCUT2D eigenvalue weighted by Crippen LogP contribution is -1.99. The molecule has 5 nitrogen and oxygen atoms in total. The van der Waals surface area contributed by atoms with Crippen LogP contribution in [-0.4, -0.2) is 19.9 Å². The smallest absolute Gasteiger partial charge is 0.160 e. The number of anilines is 2. The number of fused-ring (bicyclic) bond motifs is 1. The van der Waals surface area contributed by atoms with Crippen molar-refractivity contribution in [3.8, 4) is 0 Å². The fourth-order valence-electron chi connectivity index (χ4n) is 1.74. The van der Waals surface area contributed by atoms with Crippen LogP contribution in [0.25, 0.3) is 11.0 Å². The lowest BCUT2D eigenvalue weighted by atomic mass is 10.3. The van der Waals surface area contributed by atoms with E-state index in [0.29, 0.717) is 28.4 Å². The fourth-order valence-corrected chi connectivity index (χ4v) is 1.92. The summed E-state index contributed by atoms with van der Waals surface area (Å²) in [5.41, 5.74) is 1.84. The van der Waals surface area contributed by atoms with Crippen molar-refractivity contribution in [2.24, 2.45) is 0 Å². The molecule has 0 atom stereocenters. The van der Waals surface area contributed by atoms with E-state index >= 15 is 0 Å². The maximum Gasteiger partial charge on any atom is 0.160 e. The van der Waals surface area contributed by atoms with Gasteiger partial charge in [-0.2, -0.15) is 0 Å². The quantitative estimate of drug-likeness (QED) is 0.784.